The van der Waals surface area contributed by atoms with Crippen molar-refractivity contribution in [3.8, 4) is 5.75 Å². The number of carbonyl (C=O) groups is 1. The van der Waals surface area contributed by atoms with Crippen LogP contribution in [-0.4, -0.2) is 39.2 Å². The van der Waals surface area contributed by atoms with Gasteiger partial charge >= 0.3 is 0 Å². The summed E-state index contributed by atoms with van der Waals surface area (Å²) in [7, 11) is 0. The summed E-state index contributed by atoms with van der Waals surface area (Å²) < 4.78 is 0. The second-order valence-electron chi connectivity index (χ2n) is 4.83. The second kappa shape index (κ2) is 6.85. The zero-order chi connectivity index (χ0) is 15.2. The Kier molecular flexibility index (Phi) is 4.90. The number of carbonyl (C=O) groups excluding carboxylic acids is 1. The van der Waals surface area contributed by atoms with Crippen LogP contribution >= 0.6 is 0 Å². The van der Waals surface area contributed by atoms with Crippen LogP contribution in [0.1, 0.15) is 21.5 Å². The number of amides is 1. The molecule has 1 heterocycles. The summed E-state index contributed by atoms with van der Waals surface area (Å²) in [6.07, 6.45) is 3.34. The predicted molar refractivity (Wildman–Crippen MR) is 78.9 cm³/mol. The van der Waals surface area contributed by atoms with Gasteiger partial charge in [0.2, 0.25) is 0 Å². The van der Waals surface area contributed by atoms with Crippen molar-refractivity contribution in [2.45, 2.75) is 13.5 Å². The molecular weight excluding hydrogens is 268 g/mol. The number of hydrogen-bond acceptors (Lipinski definition) is 4. The van der Waals surface area contributed by atoms with Gasteiger partial charge in [-0.2, -0.15) is 0 Å². The number of aromatic hydroxyl groups is 1. The van der Waals surface area contributed by atoms with Crippen LogP contribution in [0.4, 0.5) is 0 Å². The van der Waals surface area contributed by atoms with Crippen LogP contribution < -0.4 is 0 Å². The minimum atomic E-state index is -0.311. The Hall–Kier alpha value is -2.40. The number of phenolic OH excluding ortho intramolecular Hbond substituents is 1. The Morgan fingerprint density at radius 3 is 2.81 bits per heavy atom. The highest BCUT2D eigenvalue weighted by Gasteiger charge is 2.19. The van der Waals surface area contributed by atoms with Crippen LogP contribution in [0.25, 0.3) is 0 Å². The van der Waals surface area contributed by atoms with Gasteiger partial charge in [0.15, 0.2) is 0 Å². The van der Waals surface area contributed by atoms with Crippen molar-refractivity contribution in [1.29, 1.82) is 0 Å². The number of rotatable bonds is 5. The number of aromatic nitrogens is 1. The highest BCUT2D eigenvalue weighted by atomic mass is 16.3. The monoisotopic (exact) mass is 286 g/mol. The molecule has 0 saturated carbocycles. The van der Waals surface area contributed by atoms with E-state index in [0.717, 1.165) is 11.1 Å². The molecule has 0 aliphatic carbocycles. The number of aryl methyl sites for hydroxylation is 1. The van der Waals surface area contributed by atoms with Gasteiger partial charge in [0.05, 0.1) is 12.2 Å². The Balaban J connectivity index is 2.25. The molecule has 0 aliphatic heterocycles. The molecular formula is C16H18N2O3. The van der Waals surface area contributed by atoms with Crippen molar-refractivity contribution in [2.24, 2.45) is 0 Å². The molecule has 0 bridgehead atoms. The van der Waals surface area contributed by atoms with Crippen LogP contribution in [0.15, 0.2) is 42.7 Å². The Labute approximate surface area is 123 Å². The summed E-state index contributed by atoms with van der Waals surface area (Å²) in [4.78, 5) is 18.0. The number of hydrogen-bond donors (Lipinski definition) is 2. The van der Waals surface area contributed by atoms with Gasteiger partial charge in [-0.15, -0.1) is 0 Å². The number of aliphatic hydroxyl groups excluding tert-OH is 1. The van der Waals surface area contributed by atoms with E-state index in [4.69, 9.17) is 5.11 Å². The Morgan fingerprint density at radius 2 is 2.14 bits per heavy atom. The third-order valence-corrected chi connectivity index (χ3v) is 3.14. The third-order valence-electron chi connectivity index (χ3n) is 3.14. The fraction of sp³-hybridized carbons (Fsp3) is 0.250. The average Bonchev–Trinajstić information content (AvgIpc) is 2.49. The predicted octanol–water partition coefficient (Wildman–Crippen LogP) is 1.73. The van der Waals surface area contributed by atoms with Crippen LogP contribution in [0.3, 0.4) is 0 Å². The van der Waals surface area contributed by atoms with Crippen LogP contribution in [-0.2, 0) is 6.54 Å². The highest BCUT2D eigenvalue weighted by Crippen LogP contribution is 2.21. The third kappa shape index (κ3) is 3.79. The molecule has 0 atom stereocenters. The van der Waals surface area contributed by atoms with Gasteiger partial charge in [-0.3, -0.25) is 9.78 Å². The molecule has 2 N–H and O–H groups in total. The van der Waals surface area contributed by atoms with Crippen LogP contribution in [0, 0.1) is 6.92 Å². The number of nitrogens with zero attached hydrogens (tertiary/aromatic N) is 2. The molecule has 21 heavy (non-hydrogen) atoms. The fourth-order valence-electron chi connectivity index (χ4n) is 2.08. The van der Waals surface area contributed by atoms with Gasteiger partial charge in [-0.05, 0) is 30.7 Å². The molecule has 0 saturated heterocycles. The smallest absolute Gasteiger partial charge is 0.258 e. The van der Waals surface area contributed by atoms with Crippen molar-refractivity contribution >= 4 is 5.91 Å². The summed E-state index contributed by atoms with van der Waals surface area (Å²) in [5.74, 6) is -0.367. The zero-order valence-electron chi connectivity index (χ0n) is 11.9. The molecule has 1 aromatic heterocycles. The van der Waals surface area contributed by atoms with E-state index < -0.39 is 0 Å². The van der Waals surface area contributed by atoms with Gasteiger partial charge in [0, 0.05) is 25.5 Å². The van der Waals surface area contributed by atoms with Crippen molar-refractivity contribution < 1.29 is 15.0 Å². The lowest BCUT2D eigenvalue weighted by molar-refractivity contribution is 0.0704. The van der Waals surface area contributed by atoms with Crippen molar-refractivity contribution in [1.82, 2.24) is 9.88 Å². The molecule has 0 spiro atoms. The van der Waals surface area contributed by atoms with E-state index in [0.29, 0.717) is 6.54 Å². The molecule has 110 valence electrons. The molecule has 0 unspecified atom stereocenters. The Morgan fingerprint density at radius 1 is 1.33 bits per heavy atom. The maximum atomic E-state index is 12.5. The summed E-state index contributed by atoms with van der Waals surface area (Å²) in [5, 5.41) is 19.0. The first kappa shape index (κ1) is 15.0. The van der Waals surface area contributed by atoms with Gasteiger partial charge < -0.3 is 15.1 Å². The first-order valence-corrected chi connectivity index (χ1v) is 6.70. The van der Waals surface area contributed by atoms with Gasteiger partial charge in [0.1, 0.15) is 5.75 Å². The van der Waals surface area contributed by atoms with E-state index in [1.807, 2.05) is 13.0 Å². The molecule has 1 amide bonds. The molecule has 2 rings (SSSR count). The van der Waals surface area contributed by atoms with E-state index in [1.54, 1.807) is 30.6 Å². The largest absolute Gasteiger partial charge is 0.507 e. The topological polar surface area (TPSA) is 73.7 Å². The van der Waals surface area contributed by atoms with E-state index in [-0.39, 0.29) is 30.4 Å². The maximum Gasteiger partial charge on any atom is 0.258 e. The summed E-state index contributed by atoms with van der Waals surface area (Å²) >= 11 is 0. The molecule has 0 fully saturated rings. The molecule has 5 heteroatoms. The fourth-order valence-corrected chi connectivity index (χ4v) is 2.08. The normalized spacial score (nSPS) is 10.4. The van der Waals surface area contributed by atoms with Crippen molar-refractivity contribution in [3.63, 3.8) is 0 Å². The minimum absolute atomic E-state index is 0.0558. The van der Waals surface area contributed by atoms with Crippen molar-refractivity contribution in [2.75, 3.05) is 13.2 Å². The zero-order valence-corrected chi connectivity index (χ0v) is 11.9. The summed E-state index contributed by atoms with van der Waals surface area (Å²) in [6, 6.07) is 8.54. The van der Waals surface area contributed by atoms with Crippen molar-refractivity contribution in [3.05, 3.63) is 59.4 Å². The lowest BCUT2D eigenvalue weighted by Gasteiger charge is -2.22. The minimum Gasteiger partial charge on any atom is -0.507 e. The number of pyridine rings is 1. The van der Waals surface area contributed by atoms with Gasteiger partial charge in [-0.1, -0.05) is 17.7 Å². The number of benzene rings is 1. The summed E-state index contributed by atoms with van der Waals surface area (Å²) in [6.45, 7) is 2.24. The average molecular weight is 286 g/mol. The SMILES string of the molecule is Cc1ccc(O)c(C(=O)N(CCO)Cc2cccnc2)c1. The first-order chi connectivity index (χ1) is 10.1. The number of phenols is 1. The molecule has 0 aliphatic rings. The second-order valence-corrected chi connectivity index (χ2v) is 4.83. The molecule has 2 aromatic rings. The number of aliphatic hydroxyl groups is 1. The Bertz CT molecular complexity index is 614. The molecule has 0 radical (unpaired) electrons. The lowest BCUT2D eigenvalue weighted by Crippen LogP contribution is -2.33. The molecule has 1 aromatic carbocycles. The van der Waals surface area contributed by atoms with Crippen LogP contribution in [0.5, 0.6) is 5.75 Å². The molecule has 5 nitrogen and oxygen atoms in total. The quantitative estimate of drug-likeness (QED) is 0.878. The highest BCUT2D eigenvalue weighted by molar-refractivity contribution is 5.97. The van der Waals surface area contributed by atoms with Gasteiger partial charge in [0.25, 0.3) is 5.91 Å². The van der Waals surface area contributed by atoms with E-state index in [9.17, 15) is 9.90 Å². The van der Waals surface area contributed by atoms with E-state index >= 15 is 0 Å². The van der Waals surface area contributed by atoms with E-state index in [1.165, 1.54) is 11.0 Å². The van der Waals surface area contributed by atoms with E-state index in [2.05, 4.69) is 4.98 Å². The van der Waals surface area contributed by atoms with Crippen LogP contribution in [0.2, 0.25) is 0 Å². The maximum absolute atomic E-state index is 12.5. The van der Waals surface area contributed by atoms with Gasteiger partial charge in [-0.25, -0.2) is 0 Å². The standard InChI is InChI=1S/C16H18N2O3/c1-12-4-5-15(20)14(9-12)16(21)18(7-8-19)11-13-3-2-6-17-10-13/h2-6,9-10,19-20H,7-8,11H2,1H3. The summed E-state index contributed by atoms with van der Waals surface area (Å²) in [5.41, 5.74) is 2.00. The first-order valence-electron chi connectivity index (χ1n) is 6.70. The lowest BCUT2D eigenvalue weighted by atomic mass is 10.1.